The Morgan fingerprint density at radius 1 is 0.492 bits per heavy atom. The lowest BCUT2D eigenvalue weighted by molar-refractivity contribution is -0.870. The van der Waals surface area contributed by atoms with E-state index >= 15 is 0 Å². The van der Waals surface area contributed by atoms with Crippen molar-refractivity contribution in [3.63, 3.8) is 0 Å². The van der Waals surface area contributed by atoms with Crippen LogP contribution in [0.5, 0.6) is 0 Å². The first-order valence-corrected chi connectivity index (χ1v) is 25.2. The third kappa shape index (κ3) is 45.4. The van der Waals surface area contributed by atoms with Crippen molar-refractivity contribution in [1.29, 1.82) is 0 Å². The highest BCUT2D eigenvalue weighted by Crippen LogP contribution is 2.15. The van der Waals surface area contributed by atoms with Gasteiger partial charge in [0.15, 0.2) is 6.10 Å². The van der Waals surface area contributed by atoms with Gasteiger partial charge in [0.25, 0.3) is 6.29 Å². The molecule has 0 saturated carbocycles. The highest BCUT2D eigenvalue weighted by Gasteiger charge is 2.25. The number of ether oxygens (including phenoxy) is 4. The molecule has 2 unspecified atom stereocenters. The van der Waals surface area contributed by atoms with Crippen molar-refractivity contribution in [2.45, 2.75) is 232 Å². The Bertz CT molecular complexity index is 1100. The molecule has 0 rings (SSSR count). The first kappa shape index (κ1) is 58.5. The number of aliphatic carboxylic acids is 1. The zero-order valence-electron chi connectivity index (χ0n) is 40.3. The number of carbonyl (C=O) groups is 3. The maximum absolute atomic E-state index is 12.8. The molecule has 0 aliphatic rings. The molecule has 0 heterocycles. The Hall–Kier alpha value is -2.49. The van der Waals surface area contributed by atoms with Crippen LogP contribution >= 0.6 is 0 Å². The van der Waals surface area contributed by atoms with E-state index in [1.165, 1.54) is 135 Å². The molecule has 0 bridgehead atoms. The molecule has 9 heteroatoms. The Morgan fingerprint density at radius 3 is 1.31 bits per heavy atom. The van der Waals surface area contributed by atoms with Gasteiger partial charge in [0.05, 0.1) is 34.4 Å². The number of carboxylic acid groups (broad SMARTS) is 1. The molecule has 356 valence electrons. The number of allylic oxidation sites excluding steroid dienone is 6. The lowest BCUT2D eigenvalue weighted by Crippen LogP contribution is -2.40. The Balaban J connectivity index is 4.27. The van der Waals surface area contributed by atoms with Gasteiger partial charge in [0.1, 0.15) is 13.2 Å². The number of unbranched alkanes of at least 4 members (excludes halogenated alkanes) is 25. The van der Waals surface area contributed by atoms with Crippen LogP contribution in [0.4, 0.5) is 0 Å². The molecular formula is C52H96NO8+. The maximum Gasteiger partial charge on any atom is 0.361 e. The third-order valence-electron chi connectivity index (χ3n) is 10.9. The van der Waals surface area contributed by atoms with Gasteiger partial charge in [0.2, 0.25) is 0 Å². The normalized spacial score (nSPS) is 13.1. The van der Waals surface area contributed by atoms with E-state index in [0.717, 1.165) is 57.8 Å². The summed E-state index contributed by atoms with van der Waals surface area (Å²) >= 11 is 0. The van der Waals surface area contributed by atoms with Crippen LogP contribution in [0.2, 0.25) is 0 Å². The van der Waals surface area contributed by atoms with Gasteiger partial charge in [-0.3, -0.25) is 9.59 Å². The lowest BCUT2D eigenvalue weighted by Gasteiger charge is -2.25. The molecule has 2 atom stereocenters. The molecule has 0 aromatic heterocycles. The maximum atomic E-state index is 12.8. The monoisotopic (exact) mass is 863 g/mol. The number of nitrogens with zero attached hydrogens (tertiary/aromatic N) is 1. The lowest BCUT2D eigenvalue weighted by atomic mass is 10.0. The molecule has 0 aliphatic carbocycles. The van der Waals surface area contributed by atoms with E-state index in [0.29, 0.717) is 17.4 Å². The molecule has 0 aromatic carbocycles. The summed E-state index contributed by atoms with van der Waals surface area (Å²) < 4.78 is 22.8. The van der Waals surface area contributed by atoms with Gasteiger partial charge in [-0.15, -0.1) is 0 Å². The molecule has 1 N–H and O–H groups in total. The summed E-state index contributed by atoms with van der Waals surface area (Å²) in [5, 5.41) is 9.65. The zero-order chi connectivity index (χ0) is 44.9. The van der Waals surface area contributed by atoms with Crippen molar-refractivity contribution in [2.75, 3.05) is 47.5 Å². The molecule has 0 spiro atoms. The minimum atomic E-state index is -1.51. The summed E-state index contributed by atoms with van der Waals surface area (Å²) in [5.74, 6) is -2.01. The molecule has 0 fully saturated rings. The van der Waals surface area contributed by atoms with Crippen LogP contribution in [0.25, 0.3) is 0 Å². The molecule has 0 aromatic rings. The average molecular weight is 863 g/mol. The van der Waals surface area contributed by atoms with Crippen LogP contribution in [0.1, 0.15) is 219 Å². The van der Waals surface area contributed by atoms with Crippen molar-refractivity contribution in [3.05, 3.63) is 36.5 Å². The highest BCUT2D eigenvalue weighted by molar-refractivity contribution is 5.71. The van der Waals surface area contributed by atoms with Crippen LogP contribution in [0.15, 0.2) is 36.5 Å². The summed E-state index contributed by atoms with van der Waals surface area (Å²) in [6.07, 6.45) is 47.8. The number of carbonyl (C=O) groups excluding carboxylic acids is 2. The van der Waals surface area contributed by atoms with Gasteiger partial charge in [0, 0.05) is 12.8 Å². The van der Waals surface area contributed by atoms with E-state index in [9.17, 15) is 19.5 Å². The second kappa shape index (κ2) is 44.1. The topological polar surface area (TPSA) is 108 Å². The van der Waals surface area contributed by atoms with Crippen molar-refractivity contribution >= 4 is 17.9 Å². The molecule has 0 amide bonds. The molecule has 9 nitrogen and oxygen atoms in total. The van der Waals surface area contributed by atoms with E-state index in [2.05, 4.69) is 50.3 Å². The number of hydrogen-bond donors (Lipinski definition) is 1. The summed E-state index contributed by atoms with van der Waals surface area (Å²) in [4.78, 5) is 37.2. The second-order valence-electron chi connectivity index (χ2n) is 18.1. The van der Waals surface area contributed by atoms with E-state index in [1.54, 1.807) is 0 Å². The Morgan fingerprint density at radius 2 is 0.885 bits per heavy atom. The fraction of sp³-hybridized carbons (Fsp3) is 0.827. The van der Waals surface area contributed by atoms with Gasteiger partial charge in [-0.25, -0.2) is 4.79 Å². The van der Waals surface area contributed by atoms with Crippen LogP contribution in [-0.2, 0) is 33.3 Å². The number of quaternary nitrogens is 1. The van der Waals surface area contributed by atoms with E-state index < -0.39 is 24.3 Å². The van der Waals surface area contributed by atoms with Crippen molar-refractivity contribution in [1.82, 2.24) is 0 Å². The minimum Gasteiger partial charge on any atom is -0.477 e. The highest BCUT2D eigenvalue weighted by atomic mass is 16.7. The number of likely N-dealkylation sites (N-methyl/N-ethyl adjacent to an activating group) is 1. The predicted molar refractivity (Wildman–Crippen MR) is 254 cm³/mol. The fourth-order valence-corrected chi connectivity index (χ4v) is 6.96. The number of esters is 2. The molecule has 0 saturated heterocycles. The minimum absolute atomic E-state index is 0.181. The average Bonchev–Trinajstić information content (AvgIpc) is 3.22. The largest absolute Gasteiger partial charge is 0.477 e. The first-order chi connectivity index (χ1) is 29.6. The van der Waals surface area contributed by atoms with Gasteiger partial charge in [-0.2, -0.15) is 0 Å². The SMILES string of the molecule is CCCCCCC/C=C\C/C=C\C/C=C\CCCCCCCCCCCCC(=O)OC(COC(=O)CCCCCCCCCCCCC)COC(OCC[N+](C)(C)C)C(=O)O. The quantitative estimate of drug-likeness (QED) is 0.0212. The summed E-state index contributed by atoms with van der Waals surface area (Å²) in [5.41, 5.74) is 0. The van der Waals surface area contributed by atoms with Gasteiger partial charge >= 0.3 is 17.9 Å². The van der Waals surface area contributed by atoms with Crippen molar-refractivity contribution < 1.29 is 42.9 Å². The van der Waals surface area contributed by atoms with Crippen LogP contribution in [0, 0.1) is 0 Å². The fourth-order valence-electron chi connectivity index (χ4n) is 6.96. The van der Waals surface area contributed by atoms with E-state index in [4.69, 9.17) is 18.9 Å². The third-order valence-corrected chi connectivity index (χ3v) is 10.9. The van der Waals surface area contributed by atoms with Crippen LogP contribution in [0.3, 0.4) is 0 Å². The standard InChI is InChI=1S/C52H95NO8/c1-6-8-10-12-14-16-18-19-20-21-22-23-24-25-26-27-28-29-30-31-33-35-37-39-41-43-50(55)61-48(47-60-52(51(56)57)58-45-44-53(3,4)5)46-59-49(54)42-40-38-36-34-32-17-15-13-11-9-7-2/h18-19,21-22,24-25,48,52H,6-17,20,23,26-47H2,1-5H3/p+1/b19-18-,22-21-,25-24-. The second-order valence-corrected chi connectivity index (χ2v) is 18.1. The van der Waals surface area contributed by atoms with Gasteiger partial charge in [-0.1, -0.05) is 192 Å². The van der Waals surface area contributed by atoms with E-state index in [-0.39, 0.29) is 32.2 Å². The smallest absolute Gasteiger partial charge is 0.361 e. The molecule has 61 heavy (non-hydrogen) atoms. The van der Waals surface area contributed by atoms with Crippen molar-refractivity contribution in [2.24, 2.45) is 0 Å². The molecular weight excluding hydrogens is 767 g/mol. The molecule has 0 aliphatic heterocycles. The van der Waals surface area contributed by atoms with Crippen LogP contribution < -0.4 is 0 Å². The molecule has 0 radical (unpaired) electrons. The van der Waals surface area contributed by atoms with E-state index in [1.807, 2.05) is 21.1 Å². The van der Waals surface area contributed by atoms with Gasteiger partial charge < -0.3 is 28.5 Å². The zero-order valence-corrected chi connectivity index (χ0v) is 40.3. The number of hydrogen-bond acceptors (Lipinski definition) is 7. The van der Waals surface area contributed by atoms with Crippen LogP contribution in [-0.4, -0.2) is 87.4 Å². The summed E-state index contributed by atoms with van der Waals surface area (Å²) in [6.45, 7) is 4.86. The predicted octanol–water partition coefficient (Wildman–Crippen LogP) is 13.8. The summed E-state index contributed by atoms with van der Waals surface area (Å²) in [6, 6.07) is 0. The number of carboxylic acids is 1. The Labute approximate surface area is 375 Å². The van der Waals surface area contributed by atoms with Gasteiger partial charge in [-0.05, 0) is 51.4 Å². The van der Waals surface area contributed by atoms with Crippen molar-refractivity contribution in [3.8, 4) is 0 Å². The Kier molecular flexibility index (Phi) is 42.3. The number of rotatable bonds is 46. The first-order valence-electron chi connectivity index (χ1n) is 25.2. The summed E-state index contributed by atoms with van der Waals surface area (Å²) in [7, 11) is 5.96.